The summed E-state index contributed by atoms with van der Waals surface area (Å²) in [5, 5.41) is 2.46. The van der Waals surface area contributed by atoms with E-state index in [0.717, 1.165) is 22.4 Å². The lowest BCUT2D eigenvalue weighted by Gasteiger charge is -2.03. The zero-order chi connectivity index (χ0) is 15.4. The quantitative estimate of drug-likeness (QED) is 0.579. The molecule has 0 aliphatic rings. The summed E-state index contributed by atoms with van der Waals surface area (Å²) in [5.74, 6) is 0.929. The number of carbonyl (C=O) groups excluding carboxylic acids is 2. The van der Waals surface area contributed by atoms with Gasteiger partial charge in [0.2, 0.25) is 0 Å². The molecule has 0 amide bonds. The van der Waals surface area contributed by atoms with Gasteiger partial charge in [0, 0.05) is 5.56 Å². The number of hydrogen-bond donors (Lipinski definition) is 1. The minimum absolute atomic E-state index is 0.250. The average Bonchev–Trinajstić information content (AvgIpc) is 2.99. The summed E-state index contributed by atoms with van der Waals surface area (Å²) in [7, 11) is 0. The molecule has 0 atom stereocenters. The monoisotopic (exact) mass is 288 g/mol. The fraction of sp³-hybridized carbons (Fsp3) is 0. The second kappa shape index (κ2) is 6.04. The number of para-hydroxylation sites is 2. The molecule has 1 aromatic heterocycles. The normalized spacial score (nSPS) is 10.0. The van der Waals surface area contributed by atoms with Gasteiger partial charge < -0.3 is 4.98 Å². The first-order valence-electron chi connectivity index (χ1n) is 6.75. The third-order valence-corrected chi connectivity index (χ3v) is 3.43. The van der Waals surface area contributed by atoms with Crippen molar-refractivity contribution in [2.75, 3.05) is 0 Å². The first kappa shape index (κ1) is 13.7. The highest BCUT2D eigenvalue weighted by atomic mass is 16.2. The van der Waals surface area contributed by atoms with E-state index in [4.69, 9.17) is 9.59 Å². The van der Waals surface area contributed by atoms with Gasteiger partial charge in [-0.15, -0.1) is 0 Å². The molecule has 0 aliphatic carbocycles. The van der Waals surface area contributed by atoms with Gasteiger partial charge in [0.25, 0.3) is 0 Å². The van der Waals surface area contributed by atoms with Gasteiger partial charge in [0.1, 0.15) is 5.82 Å². The lowest BCUT2D eigenvalue weighted by Crippen LogP contribution is -1.82. The molecule has 1 heterocycles. The molecule has 4 aromatic rings. The number of hydrogen-bond acceptors (Lipinski definition) is 3. The number of benzene rings is 3. The van der Waals surface area contributed by atoms with Crippen molar-refractivity contribution in [3.63, 3.8) is 0 Å². The third-order valence-electron chi connectivity index (χ3n) is 3.43. The molecular formula is C18H12N2O2. The highest BCUT2D eigenvalue weighted by molar-refractivity contribution is 5.96. The van der Waals surface area contributed by atoms with Crippen LogP contribution in [0.25, 0.3) is 33.2 Å². The van der Waals surface area contributed by atoms with Crippen molar-refractivity contribution in [2.24, 2.45) is 0 Å². The molecule has 3 aromatic carbocycles. The number of rotatable bonds is 1. The Kier molecular flexibility index (Phi) is 3.77. The zero-order valence-electron chi connectivity index (χ0n) is 11.6. The Balaban J connectivity index is 0.000000446. The van der Waals surface area contributed by atoms with Crippen LogP contribution in [-0.4, -0.2) is 16.1 Å². The van der Waals surface area contributed by atoms with Gasteiger partial charge >= 0.3 is 6.15 Å². The third kappa shape index (κ3) is 2.51. The summed E-state index contributed by atoms with van der Waals surface area (Å²) < 4.78 is 0. The number of imidazole rings is 1. The van der Waals surface area contributed by atoms with E-state index >= 15 is 0 Å². The fourth-order valence-corrected chi connectivity index (χ4v) is 2.51. The van der Waals surface area contributed by atoms with Crippen molar-refractivity contribution in [1.29, 1.82) is 0 Å². The largest absolute Gasteiger partial charge is 0.373 e. The second-order valence-electron chi connectivity index (χ2n) is 4.71. The highest BCUT2D eigenvalue weighted by Crippen LogP contribution is 2.27. The van der Waals surface area contributed by atoms with Crippen molar-refractivity contribution < 1.29 is 9.59 Å². The van der Waals surface area contributed by atoms with E-state index in [1.165, 1.54) is 10.8 Å². The number of H-pyrrole nitrogens is 1. The summed E-state index contributed by atoms with van der Waals surface area (Å²) in [6, 6.07) is 22.8. The van der Waals surface area contributed by atoms with Crippen molar-refractivity contribution in [2.45, 2.75) is 0 Å². The lowest BCUT2D eigenvalue weighted by atomic mass is 10.0. The number of aromatic nitrogens is 2. The Morgan fingerprint density at radius 3 is 2.32 bits per heavy atom. The van der Waals surface area contributed by atoms with Crippen molar-refractivity contribution >= 4 is 28.0 Å². The molecule has 0 spiro atoms. The molecule has 0 unspecified atom stereocenters. The van der Waals surface area contributed by atoms with Crippen LogP contribution in [0.2, 0.25) is 0 Å². The molecule has 0 bridgehead atoms. The Hall–Kier alpha value is -3.23. The lowest BCUT2D eigenvalue weighted by molar-refractivity contribution is -0.191. The smallest absolute Gasteiger partial charge is 0.338 e. The van der Waals surface area contributed by atoms with Gasteiger partial charge in [-0.05, 0) is 22.9 Å². The standard InChI is InChI=1S/C17H12N2.CO2/c1-2-8-13-12(6-1)7-5-9-14(13)17-18-15-10-3-4-11-16(15)19-17;2-1-3/h1-11H,(H,18,19);. The van der Waals surface area contributed by atoms with Gasteiger partial charge in [-0.1, -0.05) is 54.6 Å². The van der Waals surface area contributed by atoms with E-state index < -0.39 is 0 Å². The number of nitrogens with zero attached hydrogens (tertiary/aromatic N) is 1. The summed E-state index contributed by atoms with van der Waals surface area (Å²) in [4.78, 5) is 24.3. The minimum atomic E-state index is 0.250. The first-order chi connectivity index (χ1) is 10.8. The topological polar surface area (TPSA) is 62.8 Å². The molecule has 0 fully saturated rings. The van der Waals surface area contributed by atoms with E-state index in [0.29, 0.717) is 0 Å². The van der Waals surface area contributed by atoms with E-state index in [1.807, 2.05) is 18.2 Å². The van der Waals surface area contributed by atoms with Gasteiger partial charge in [0.05, 0.1) is 11.0 Å². The molecule has 4 nitrogen and oxygen atoms in total. The Morgan fingerprint density at radius 1 is 0.818 bits per heavy atom. The van der Waals surface area contributed by atoms with Gasteiger partial charge in [0.15, 0.2) is 0 Å². The maximum Gasteiger partial charge on any atom is 0.373 e. The predicted octanol–water partition coefficient (Wildman–Crippen LogP) is 3.80. The maximum atomic E-state index is 8.12. The van der Waals surface area contributed by atoms with Crippen LogP contribution in [0.4, 0.5) is 0 Å². The number of nitrogens with one attached hydrogen (secondary N) is 1. The molecular weight excluding hydrogens is 276 g/mol. The summed E-state index contributed by atoms with van der Waals surface area (Å²) in [6.45, 7) is 0. The molecule has 0 radical (unpaired) electrons. The van der Waals surface area contributed by atoms with E-state index in [-0.39, 0.29) is 6.15 Å². The Labute approximate surface area is 126 Å². The fourth-order valence-electron chi connectivity index (χ4n) is 2.51. The van der Waals surface area contributed by atoms with Crippen molar-refractivity contribution in [1.82, 2.24) is 9.97 Å². The van der Waals surface area contributed by atoms with Gasteiger partial charge in [-0.25, -0.2) is 4.98 Å². The molecule has 106 valence electrons. The molecule has 1 N–H and O–H groups in total. The van der Waals surface area contributed by atoms with Crippen LogP contribution < -0.4 is 0 Å². The average molecular weight is 288 g/mol. The highest BCUT2D eigenvalue weighted by Gasteiger charge is 2.07. The summed E-state index contributed by atoms with van der Waals surface area (Å²) in [5.41, 5.74) is 3.23. The van der Waals surface area contributed by atoms with Crippen LogP contribution in [0.15, 0.2) is 66.7 Å². The second-order valence-corrected chi connectivity index (χ2v) is 4.71. The van der Waals surface area contributed by atoms with Crippen LogP contribution in [0.3, 0.4) is 0 Å². The molecule has 4 heteroatoms. The molecule has 0 saturated heterocycles. The number of aromatic amines is 1. The van der Waals surface area contributed by atoms with Crippen LogP contribution in [-0.2, 0) is 9.59 Å². The summed E-state index contributed by atoms with van der Waals surface area (Å²) >= 11 is 0. The number of fused-ring (bicyclic) bond motifs is 2. The first-order valence-corrected chi connectivity index (χ1v) is 6.75. The Bertz CT molecular complexity index is 929. The van der Waals surface area contributed by atoms with Crippen LogP contribution in [0.1, 0.15) is 0 Å². The van der Waals surface area contributed by atoms with Crippen LogP contribution in [0.5, 0.6) is 0 Å². The van der Waals surface area contributed by atoms with Crippen LogP contribution in [0, 0.1) is 0 Å². The van der Waals surface area contributed by atoms with Gasteiger partial charge in [-0.2, -0.15) is 9.59 Å². The van der Waals surface area contributed by atoms with Gasteiger partial charge in [-0.3, -0.25) is 0 Å². The van der Waals surface area contributed by atoms with E-state index in [2.05, 4.69) is 58.5 Å². The van der Waals surface area contributed by atoms with Crippen LogP contribution >= 0.6 is 0 Å². The zero-order valence-corrected chi connectivity index (χ0v) is 11.6. The molecule has 0 aliphatic heterocycles. The van der Waals surface area contributed by atoms with Crippen molar-refractivity contribution in [3.8, 4) is 11.4 Å². The predicted molar refractivity (Wildman–Crippen MR) is 84.0 cm³/mol. The van der Waals surface area contributed by atoms with E-state index in [9.17, 15) is 0 Å². The summed E-state index contributed by atoms with van der Waals surface area (Å²) in [6.07, 6.45) is 0.250. The SMILES string of the molecule is O=C=O.c1ccc2c(-c3nc4ccccc4[nH]3)cccc2c1. The van der Waals surface area contributed by atoms with Crippen molar-refractivity contribution in [3.05, 3.63) is 66.7 Å². The minimum Gasteiger partial charge on any atom is -0.338 e. The molecule has 0 saturated carbocycles. The maximum absolute atomic E-state index is 8.12. The molecule has 22 heavy (non-hydrogen) atoms. The molecule has 4 rings (SSSR count). The van der Waals surface area contributed by atoms with E-state index in [1.54, 1.807) is 0 Å². The Morgan fingerprint density at radius 2 is 1.50 bits per heavy atom.